The Labute approximate surface area is 89.3 Å². The maximum absolute atomic E-state index is 11.6. The van der Waals surface area contributed by atoms with Crippen molar-refractivity contribution < 1.29 is 4.42 Å². The molecule has 0 bridgehead atoms. The van der Waals surface area contributed by atoms with Gasteiger partial charge in [0.2, 0.25) is 0 Å². The van der Waals surface area contributed by atoms with E-state index in [1.165, 1.54) is 6.26 Å². The first kappa shape index (κ1) is 8.56. The molecule has 0 aliphatic heterocycles. The fourth-order valence-corrected chi connectivity index (χ4v) is 1.90. The molecule has 1 aromatic carbocycles. The van der Waals surface area contributed by atoms with E-state index in [0.717, 1.165) is 16.3 Å². The number of pyridine rings is 1. The molecule has 3 rings (SSSR count). The number of H-pyrrole nitrogens is 1. The third-order valence-electron chi connectivity index (χ3n) is 2.39. The van der Waals surface area contributed by atoms with Crippen molar-refractivity contribution in [2.45, 2.75) is 0 Å². The van der Waals surface area contributed by atoms with Crippen LogP contribution >= 0.6 is 11.6 Å². The van der Waals surface area contributed by atoms with Gasteiger partial charge in [-0.1, -0.05) is 11.6 Å². The summed E-state index contributed by atoms with van der Waals surface area (Å²) >= 11 is 5.90. The number of furan rings is 1. The zero-order valence-electron chi connectivity index (χ0n) is 7.58. The Morgan fingerprint density at radius 2 is 2.07 bits per heavy atom. The van der Waals surface area contributed by atoms with Crippen LogP contribution < -0.4 is 5.56 Å². The molecule has 0 aliphatic rings. The van der Waals surface area contributed by atoms with Gasteiger partial charge in [-0.05, 0) is 24.3 Å². The van der Waals surface area contributed by atoms with E-state index in [0.29, 0.717) is 10.6 Å². The summed E-state index contributed by atoms with van der Waals surface area (Å²) in [7, 11) is 0. The first-order chi connectivity index (χ1) is 7.25. The first-order valence-corrected chi connectivity index (χ1v) is 4.82. The molecule has 1 N–H and O–H groups in total. The van der Waals surface area contributed by atoms with Gasteiger partial charge in [0.15, 0.2) is 5.58 Å². The lowest BCUT2D eigenvalue weighted by molar-refractivity contribution is 0.611. The first-order valence-electron chi connectivity index (χ1n) is 4.44. The molecule has 0 fully saturated rings. The van der Waals surface area contributed by atoms with Crippen LogP contribution in [0.1, 0.15) is 0 Å². The van der Waals surface area contributed by atoms with Gasteiger partial charge in [0.05, 0.1) is 6.26 Å². The van der Waals surface area contributed by atoms with E-state index in [2.05, 4.69) is 4.98 Å². The van der Waals surface area contributed by atoms with E-state index >= 15 is 0 Å². The molecule has 0 saturated carbocycles. The third-order valence-corrected chi connectivity index (χ3v) is 2.63. The maximum atomic E-state index is 11.6. The molecule has 2 heterocycles. The van der Waals surface area contributed by atoms with Gasteiger partial charge in [-0.2, -0.15) is 0 Å². The van der Waals surface area contributed by atoms with Gasteiger partial charge >= 0.3 is 0 Å². The Morgan fingerprint density at radius 3 is 2.93 bits per heavy atom. The monoisotopic (exact) mass is 219 g/mol. The molecular formula is C11H6ClNO2. The van der Waals surface area contributed by atoms with Gasteiger partial charge in [-0.15, -0.1) is 0 Å². The van der Waals surface area contributed by atoms with E-state index in [-0.39, 0.29) is 5.56 Å². The molecule has 0 aliphatic carbocycles. The lowest BCUT2D eigenvalue weighted by Crippen LogP contribution is -2.04. The minimum atomic E-state index is -0.218. The standard InChI is InChI=1S/C11H6ClNO2/c12-6-1-2-9-8(5-6)7-3-4-15-10(7)11(14)13-9/h1-5H,(H,13,14). The molecule has 4 heteroatoms. The fraction of sp³-hybridized carbons (Fsp3) is 0. The zero-order chi connectivity index (χ0) is 10.4. The predicted octanol–water partition coefficient (Wildman–Crippen LogP) is 2.93. The van der Waals surface area contributed by atoms with Crippen molar-refractivity contribution in [3.63, 3.8) is 0 Å². The lowest BCUT2D eigenvalue weighted by Gasteiger charge is -1.98. The van der Waals surface area contributed by atoms with Crippen molar-refractivity contribution in [2.75, 3.05) is 0 Å². The summed E-state index contributed by atoms with van der Waals surface area (Å²) in [5, 5.41) is 2.32. The topological polar surface area (TPSA) is 46.0 Å². The highest BCUT2D eigenvalue weighted by atomic mass is 35.5. The second-order valence-electron chi connectivity index (χ2n) is 3.31. The van der Waals surface area contributed by atoms with E-state index in [4.69, 9.17) is 16.0 Å². The smallest absolute Gasteiger partial charge is 0.292 e. The molecule has 0 spiro atoms. The number of aromatic amines is 1. The molecule has 2 aromatic heterocycles. The number of nitrogens with one attached hydrogen (secondary N) is 1. The van der Waals surface area contributed by atoms with Crippen LogP contribution in [-0.4, -0.2) is 4.98 Å². The normalized spacial score (nSPS) is 11.3. The summed E-state index contributed by atoms with van der Waals surface area (Å²) in [6.45, 7) is 0. The summed E-state index contributed by atoms with van der Waals surface area (Å²) < 4.78 is 5.11. The minimum Gasteiger partial charge on any atom is -0.459 e. The van der Waals surface area contributed by atoms with Crippen LogP contribution in [0.4, 0.5) is 0 Å². The van der Waals surface area contributed by atoms with Crippen LogP contribution in [0, 0.1) is 0 Å². The Morgan fingerprint density at radius 1 is 1.20 bits per heavy atom. The van der Waals surface area contributed by atoms with Crippen molar-refractivity contribution in [3.8, 4) is 0 Å². The van der Waals surface area contributed by atoms with Gasteiger partial charge < -0.3 is 9.40 Å². The predicted molar refractivity (Wildman–Crippen MR) is 59.4 cm³/mol. The highest BCUT2D eigenvalue weighted by molar-refractivity contribution is 6.31. The maximum Gasteiger partial charge on any atom is 0.292 e. The Bertz CT molecular complexity index is 711. The molecule has 0 radical (unpaired) electrons. The van der Waals surface area contributed by atoms with Crippen LogP contribution in [0.2, 0.25) is 5.02 Å². The quantitative estimate of drug-likeness (QED) is 0.632. The van der Waals surface area contributed by atoms with Crippen LogP contribution in [0.5, 0.6) is 0 Å². The summed E-state index contributed by atoms with van der Waals surface area (Å²) in [6.07, 6.45) is 1.50. The number of halogens is 1. The van der Waals surface area contributed by atoms with Gasteiger partial charge in [0, 0.05) is 21.3 Å². The molecule has 0 atom stereocenters. The molecular weight excluding hydrogens is 214 g/mol. The second kappa shape index (κ2) is 2.87. The largest absolute Gasteiger partial charge is 0.459 e. The number of rotatable bonds is 0. The third kappa shape index (κ3) is 1.17. The Hall–Kier alpha value is -1.74. The van der Waals surface area contributed by atoms with Crippen molar-refractivity contribution in [2.24, 2.45) is 0 Å². The average Bonchev–Trinajstić information content (AvgIpc) is 2.69. The number of benzene rings is 1. The molecule has 3 aromatic rings. The van der Waals surface area contributed by atoms with Crippen molar-refractivity contribution in [3.05, 3.63) is 45.9 Å². The summed E-state index contributed by atoms with van der Waals surface area (Å²) in [4.78, 5) is 14.3. The zero-order valence-corrected chi connectivity index (χ0v) is 8.34. The van der Waals surface area contributed by atoms with E-state index in [1.807, 2.05) is 6.07 Å². The van der Waals surface area contributed by atoms with E-state index in [1.54, 1.807) is 18.2 Å². The lowest BCUT2D eigenvalue weighted by atomic mass is 10.1. The number of hydrogen-bond donors (Lipinski definition) is 1. The van der Waals surface area contributed by atoms with Gasteiger partial charge in [0.1, 0.15) is 0 Å². The summed E-state index contributed by atoms with van der Waals surface area (Å²) in [5.74, 6) is 0. The highest BCUT2D eigenvalue weighted by Gasteiger charge is 2.07. The average molecular weight is 220 g/mol. The molecule has 0 saturated heterocycles. The van der Waals surface area contributed by atoms with Crippen LogP contribution in [-0.2, 0) is 0 Å². The van der Waals surface area contributed by atoms with E-state index in [9.17, 15) is 4.79 Å². The molecule has 0 unspecified atom stereocenters. The Kier molecular flexibility index (Phi) is 1.64. The SMILES string of the molecule is O=c1[nH]c2ccc(Cl)cc2c2ccoc12. The number of hydrogen-bond acceptors (Lipinski definition) is 2. The molecule has 3 nitrogen and oxygen atoms in total. The molecule has 74 valence electrons. The van der Waals surface area contributed by atoms with Crippen molar-refractivity contribution in [1.29, 1.82) is 0 Å². The second-order valence-corrected chi connectivity index (χ2v) is 3.74. The van der Waals surface area contributed by atoms with Crippen molar-refractivity contribution >= 4 is 33.5 Å². The van der Waals surface area contributed by atoms with Crippen LogP contribution in [0.15, 0.2) is 39.7 Å². The van der Waals surface area contributed by atoms with Crippen molar-refractivity contribution in [1.82, 2.24) is 4.98 Å². The van der Waals surface area contributed by atoms with Gasteiger partial charge in [-0.25, -0.2) is 0 Å². The summed E-state index contributed by atoms with van der Waals surface area (Å²) in [5.41, 5.74) is 0.882. The van der Waals surface area contributed by atoms with E-state index < -0.39 is 0 Å². The Balaban J connectivity index is 2.67. The fourth-order valence-electron chi connectivity index (χ4n) is 1.72. The molecule has 15 heavy (non-hydrogen) atoms. The highest BCUT2D eigenvalue weighted by Crippen LogP contribution is 2.24. The number of aromatic nitrogens is 1. The number of fused-ring (bicyclic) bond motifs is 3. The van der Waals surface area contributed by atoms with Gasteiger partial charge in [0.25, 0.3) is 5.56 Å². The van der Waals surface area contributed by atoms with Crippen LogP contribution in [0.25, 0.3) is 21.9 Å². The molecule has 0 amide bonds. The van der Waals surface area contributed by atoms with Crippen LogP contribution in [0.3, 0.4) is 0 Å². The van der Waals surface area contributed by atoms with Gasteiger partial charge in [-0.3, -0.25) is 4.79 Å². The minimum absolute atomic E-state index is 0.218. The summed E-state index contributed by atoms with van der Waals surface area (Å²) in [6, 6.07) is 7.10.